The second-order valence-corrected chi connectivity index (χ2v) is 9.74. The van der Waals surface area contributed by atoms with Gasteiger partial charge in [-0.25, -0.2) is 0 Å². The Hall–Kier alpha value is -1.54. The van der Waals surface area contributed by atoms with Crippen molar-refractivity contribution in [2.75, 3.05) is 16.8 Å². The lowest BCUT2D eigenvalue weighted by Crippen LogP contribution is -2.21. The molecule has 1 N–H and O–H groups in total. The van der Waals surface area contributed by atoms with Crippen LogP contribution in [0.1, 0.15) is 45.8 Å². The topological polar surface area (TPSA) is 42.2 Å². The Morgan fingerprint density at radius 3 is 2.70 bits per heavy atom. The van der Waals surface area contributed by atoms with Crippen LogP contribution in [0, 0.1) is 6.92 Å². The largest absolute Gasteiger partial charge is 0.455 e. The molecule has 27 heavy (non-hydrogen) atoms. The zero-order valence-corrected chi connectivity index (χ0v) is 16.2. The van der Waals surface area contributed by atoms with Gasteiger partial charge in [-0.1, -0.05) is 6.07 Å². The molecule has 8 heteroatoms. The van der Waals surface area contributed by atoms with Crippen LogP contribution < -0.4 is 5.32 Å². The number of benzene rings is 1. The first-order valence-electron chi connectivity index (χ1n) is 8.69. The fourth-order valence-corrected chi connectivity index (χ4v) is 7.33. The van der Waals surface area contributed by atoms with Crippen LogP contribution in [0.25, 0.3) is 0 Å². The Morgan fingerprint density at radius 2 is 2.00 bits per heavy atom. The number of carbonyl (C=O) groups excluding carboxylic acids is 1. The van der Waals surface area contributed by atoms with Crippen molar-refractivity contribution < 1.29 is 22.4 Å². The van der Waals surface area contributed by atoms with Crippen LogP contribution in [0.5, 0.6) is 0 Å². The number of carbonyl (C=O) groups is 1. The second-order valence-electron chi connectivity index (χ2n) is 6.69. The van der Waals surface area contributed by atoms with Gasteiger partial charge < -0.3 is 9.73 Å². The van der Waals surface area contributed by atoms with Gasteiger partial charge >= 0.3 is 6.18 Å². The van der Waals surface area contributed by atoms with Gasteiger partial charge in [-0.15, -0.1) is 23.5 Å². The molecule has 1 aliphatic heterocycles. The summed E-state index contributed by atoms with van der Waals surface area (Å²) in [6, 6.07) is 4.62. The van der Waals surface area contributed by atoms with Crippen LogP contribution in [-0.4, -0.2) is 17.4 Å². The third kappa shape index (κ3) is 3.38. The maximum Gasteiger partial charge on any atom is 0.416 e. The molecule has 0 radical (unpaired) electrons. The Balaban J connectivity index is 1.63. The van der Waals surface area contributed by atoms with E-state index in [0.717, 1.165) is 59.8 Å². The summed E-state index contributed by atoms with van der Waals surface area (Å²) in [5, 5.41) is 2.55. The molecule has 1 amide bonds. The Morgan fingerprint density at radius 1 is 1.26 bits per heavy atom. The molecule has 0 unspecified atom stereocenters. The average Bonchev–Trinajstić information content (AvgIpc) is 3.20. The minimum Gasteiger partial charge on any atom is -0.455 e. The molecule has 3 nitrogen and oxygen atoms in total. The quantitative estimate of drug-likeness (QED) is 0.673. The van der Waals surface area contributed by atoms with Gasteiger partial charge in [0.25, 0.3) is 5.91 Å². The zero-order valence-electron chi connectivity index (χ0n) is 14.6. The molecule has 0 atom stereocenters. The number of thioether (sulfide) groups is 2. The number of nitrogens with one attached hydrogen (secondary N) is 1. The SMILES string of the molecule is Cc1c(C(=O)Nc2cccc(C(F)(F)F)c2)oc2c1C1(CCC2)SCCS1. The summed E-state index contributed by atoms with van der Waals surface area (Å²) in [5.74, 6) is 2.67. The smallest absolute Gasteiger partial charge is 0.416 e. The number of rotatable bonds is 2. The molecule has 1 saturated heterocycles. The van der Waals surface area contributed by atoms with E-state index < -0.39 is 17.6 Å². The Bertz CT molecular complexity index is 886. The van der Waals surface area contributed by atoms with Gasteiger partial charge in [0.2, 0.25) is 0 Å². The predicted octanol–water partition coefficient (Wildman–Crippen LogP) is 5.83. The summed E-state index contributed by atoms with van der Waals surface area (Å²) in [4.78, 5) is 12.7. The summed E-state index contributed by atoms with van der Waals surface area (Å²) in [7, 11) is 0. The molecule has 1 spiro atoms. The van der Waals surface area contributed by atoms with Crippen LogP contribution in [-0.2, 0) is 16.7 Å². The molecule has 144 valence electrons. The van der Waals surface area contributed by atoms with Gasteiger partial charge in [0.1, 0.15) is 5.76 Å². The summed E-state index contributed by atoms with van der Waals surface area (Å²) >= 11 is 3.80. The van der Waals surface area contributed by atoms with Crippen LogP contribution in [0.4, 0.5) is 18.9 Å². The Labute approximate surface area is 163 Å². The van der Waals surface area contributed by atoms with E-state index in [2.05, 4.69) is 5.32 Å². The highest BCUT2D eigenvalue weighted by Gasteiger charge is 2.45. The fourth-order valence-electron chi connectivity index (χ4n) is 3.78. The molecule has 1 aromatic heterocycles. The number of hydrogen-bond acceptors (Lipinski definition) is 4. The van der Waals surface area contributed by atoms with Gasteiger partial charge in [-0.2, -0.15) is 13.2 Å². The van der Waals surface area contributed by atoms with Crippen molar-refractivity contribution in [2.24, 2.45) is 0 Å². The normalized spacial score (nSPS) is 18.5. The lowest BCUT2D eigenvalue weighted by Gasteiger charge is -2.31. The highest BCUT2D eigenvalue weighted by molar-refractivity contribution is 8.20. The molecule has 2 heterocycles. The van der Waals surface area contributed by atoms with Gasteiger partial charge in [0.05, 0.1) is 9.64 Å². The van der Waals surface area contributed by atoms with Crippen molar-refractivity contribution in [3.05, 3.63) is 52.5 Å². The number of amides is 1. The van der Waals surface area contributed by atoms with Crippen LogP contribution >= 0.6 is 23.5 Å². The van der Waals surface area contributed by atoms with Gasteiger partial charge in [0, 0.05) is 34.7 Å². The number of furan rings is 1. The number of halogens is 3. The van der Waals surface area contributed by atoms with Crippen molar-refractivity contribution in [1.29, 1.82) is 0 Å². The summed E-state index contributed by atoms with van der Waals surface area (Å²) < 4.78 is 44.5. The standard InChI is InChI=1S/C19H18F3NO2S2/c1-11-15-14(6-3-7-18(15)26-8-9-27-18)25-16(11)17(24)23-13-5-2-4-12(10-13)19(20,21)22/h2,4-5,10H,3,6-9H2,1H3,(H,23,24). The zero-order chi connectivity index (χ0) is 19.2. The monoisotopic (exact) mass is 413 g/mol. The summed E-state index contributed by atoms with van der Waals surface area (Å²) in [5.41, 5.74) is 1.21. The molecular weight excluding hydrogens is 395 g/mol. The lowest BCUT2D eigenvalue weighted by atomic mass is 9.94. The van der Waals surface area contributed by atoms with Gasteiger partial charge in [0.15, 0.2) is 5.76 Å². The fraction of sp³-hybridized carbons (Fsp3) is 0.421. The summed E-state index contributed by atoms with van der Waals surface area (Å²) in [6.45, 7) is 1.87. The molecule has 1 fully saturated rings. The maximum atomic E-state index is 12.9. The van der Waals surface area contributed by atoms with Crippen molar-refractivity contribution in [1.82, 2.24) is 0 Å². The maximum absolute atomic E-state index is 12.9. The van der Waals surface area contributed by atoms with Crippen LogP contribution in [0.3, 0.4) is 0 Å². The highest BCUT2D eigenvalue weighted by Crippen LogP contribution is 2.59. The van der Waals surface area contributed by atoms with E-state index in [0.29, 0.717) is 0 Å². The first kappa shape index (κ1) is 18.8. The number of aryl methyl sites for hydroxylation is 1. The van der Waals surface area contributed by atoms with E-state index in [4.69, 9.17) is 4.42 Å². The van der Waals surface area contributed by atoms with E-state index >= 15 is 0 Å². The van der Waals surface area contributed by atoms with Crippen molar-refractivity contribution in [2.45, 2.75) is 36.4 Å². The minimum atomic E-state index is -4.45. The van der Waals surface area contributed by atoms with Crippen molar-refractivity contribution >= 4 is 35.1 Å². The van der Waals surface area contributed by atoms with E-state index in [1.165, 1.54) is 12.1 Å². The first-order valence-corrected chi connectivity index (χ1v) is 10.7. The van der Waals surface area contributed by atoms with E-state index in [1.807, 2.05) is 30.4 Å². The molecule has 0 saturated carbocycles. The second kappa shape index (κ2) is 6.81. The molecule has 0 bridgehead atoms. The summed E-state index contributed by atoms with van der Waals surface area (Å²) in [6.07, 6.45) is -1.61. The minimum absolute atomic E-state index is 0.0457. The molecular formula is C19H18F3NO2S2. The number of hydrogen-bond donors (Lipinski definition) is 1. The van der Waals surface area contributed by atoms with Crippen molar-refractivity contribution in [3.63, 3.8) is 0 Å². The van der Waals surface area contributed by atoms with Crippen molar-refractivity contribution in [3.8, 4) is 0 Å². The van der Waals surface area contributed by atoms with Gasteiger partial charge in [-0.3, -0.25) is 4.79 Å². The molecule has 1 aliphatic carbocycles. The third-order valence-corrected chi connectivity index (χ3v) is 8.45. The van der Waals surface area contributed by atoms with E-state index in [-0.39, 0.29) is 15.5 Å². The number of fused-ring (bicyclic) bond motifs is 2. The predicted molar refractivity (Wildman–Crippen MR) is 102 cm³/mol. The van der Waals surface area contributed by atoms with Crippen LogP contribution in [0.15, 0.2) is 28.7 Å². The van der Waals surface area contributed by atoms with E-state index in [1.54, 1.807) is 0 Å². The first-order chi connectivity index (χ1) is 12.8. The highest BCUT2D eigenvalue weighted by atomic mass is 32.2. The average molecular weight is 413 g/mol. The molecule has 1 aromatic carbocycles. The number of alkyl halides is 3. The lowest BCUT2D eigenvalue weighted by molar-refractivity contribution is -0.137. The molecule has 4 rings (SSSR count). The number of anilines is 1. The Kier molecular flexibility index (Phi) is 4.74. The van der Waals surface area contributed by atoms with Crippen LogP contribution in [0.2, 0.25) is 0 Å². The van der Waals surface area contributed by atoms with Gasteiger partial charge in [-0.05, 0) is 38.0 Å². The molecule has 2 aliphatic rings. The third-order valence-electron chi connectivity index (χ3n) is 4.92. The molecule has 2 aromatic rings. The van der Waals surface area contributed by atoms with E-state index in [9.17, 15) is 18.0 Å².